The fraction of sp³-hybridized carbons (Fsp3) is 0.250. The molecule has 1 heterocycles. The van der Waals surface area contributed by atoms with Crippen molar-refractivity contribution in [2.45, 2.75) is 32.5 Å². The van der Waals surface area contributed by atoms with Crippen LogP contribution in [-0.2, 0) is 13.6 Å². The van der Waals surface area contributed by atoms with Crippen LogP contribution in [0.4, 0.5) is 4.39 Å². The summed E-state index contributed by atoms with van der Waals surface area (Å²) in [6, 6.07) is 25.8. The van der Waals surface area contributed by atoms with Crippen LogP contribution in [0.25, 0.3) is 11.3 Å². The van der Waals surface area contributed by atoms with Crippen LogP contribution in [0.15, 0.2) is 84.9 Å². The van der Waals surface area contributed by atoms with Gasteiger partial charge in [0.05, 0.1) is 11.7 Å². The van der Waals surface area contributed by atoms with Crippen LogP contribution in [-0.4, -0.2) is 32.4 Å². The topological polar surface area (TPSA) is 50.5 Å². The number of benzene rings is 3. The van der Waals surface area contributed by atoms with E-state index >= 15 is 0 Å². The number of aromatic nitrogens is 2. The van der Waals surface area contributed by atoms with Crippen molar-refractivity contribution in [3.05, 3.63) is 102 Å². The molecule has 3 aromatic carbocycles. The summed E-state index contributed by atoms with van der Waals surface area (Å²) in [7, 11) is 1.84. The molecule has 176 valence electrons. The van der Waals surface area contributed by atoms with Gasteiger partial charge in [0.15, 0.2) is 0 Å². The van der Waals surface area contributed by atoms with Gasteiger partial charge in [0.25, 0.3) is 0 Å². The number of halogens is 1. The monoisotopic (exact) mass is 459 g/mol. The van der Waals surface area contributed by atoms with Gasteiger partial charge in [-0.05, 0) is 43.7 Å². The second kappa shape index (κ2) is 10.6. The van der Waals surface area contributed by atoms with E-state index in [0.717, 1.165) is 22.4 Å². The molecule has 0 saturated carbocycles. The molecule has 0 aliphatic heterocycles. The Hall–Kier alpha value is -3.48. The van der Waals surface area contributed by atoms with Gasteiger partial charge in [-0.3, -0.25) is 4.90 Å². The van der Waals surface area contributed by atoms with Gasteiger partial charge >= 0.3 is 0 Å². The number of nitrogens with zero attached hydrogens (tertiary/aromatic N) is 3. The molecule has 4 rings (SSSR count). The van der Waals surface area contributed by atoms with E-state index < -0.39 is 6.10 Å². The highest BCUT2D eigenvalue weighted by Gasteiger charge is 2.25. The maximum atomic E-state index is 13.4. The van der Waals surface area contributed by atoms with Crippen LogP contribution in [0.2, 0.25) is 0 Å². The molecular formula is C28H30FN3O2. The lowest BCUT2D eigenvalue weighted by molar-refractivity contribution is 0.0904. The Kier molecular flexibility index (Phi) is 7.40. The van der Waals surface area contributed by atoms with E-state index in [9.17, 15) is 9.50 Å². The Morgan fingerprint density at radius 3 is 2.18 bits per heavy atom. The zero-order chi connectivity index (χ0) is 24.1. The molecule has 0 bridgehead atoms. The third-order valence-electron chi connectivity index (χ3n) is 5.85. The van der Waals surface area contributed by atoms with Crippen molar-refractivity contribution in [3.8, 4) is 22.9 Å². The molecule has 1 aromatic heterocycles. The molecule has 0 amide bonds. The highest BCUT2D eigenvalue weighted by molar-refractivity contribution is 5.65. The van der Waals surface area contributed by atoms with Gasteiger partial charge in [0.2, 0.25) is 5.88 Å². The van der Waals surface area contributed by atoms with Gasteiger partial charge in [-0.15, -0.1) is 0 Å². The highest BCUT2D eigenvalue weighted by atomic mass is 19.1. The van der Waals surface area contributed by atoms with E-state index in [2.05, 4.69) is 18.7 Å². The van der Waals surface area contributed by atoms with Crippen LogP contribution in [0, 0.1) is 5.82 Å². The van der Waals surface area contributed by atoms with Gasteiger partial charge < -0.3 is 9.84 Å². The molecular weight excluding hydrogens is 429 g/mol. The van der Waals surface area contributed by atoms with Gasteiger partial charge in [0, 0.05) is 31.7 Å². The molecule has 6 heteroatoms. The van der Waals surface area contributed by atoms with Gasteiger partial charge in [0.1, 0.15) is 17.3 Å². The molecule has 5 nitrogen and oxygen atoms in total. The first-order chi connectivity index (χ1) is 16.4. The quantitative estimate of drug-likeness (QED) is 0.335. The molecule has 0 radical (unpaired) electrons. The molecule has 4 aromatic rings. The standard InChI is InChI=1S/C28H30FN3O2/c1-20(2)32(19-26(33)21-10-6-4-7-11-21)18-25-27(22-12-8-5-9-13-22)30-31(3)28(25)34-24-16-14-23(29)15-17-24/h4-17,20,26,33H,18-19H2,1-3H3/t26-/m1/s1. The van der Waals surface area contributed by atoms with Crippen molar-refractivity contribution in [2.24, 2.45) is 7.05 Å². The molecule has 0 unspecified atom stereocenters. The van der Waals surface area contributed by atoms with Gasteiger partial charge in [-0.25, -0.2) is 9.07 Å². The van der Waals surface area contributed by atoms with Gasteiger partial charge in [-0.1, -0.05) is 60.7 Å². The first kappa shape index (κ1) is 23.7. The number of aliphatic hydroxyl groups excluding tert-OH is 1. The third-order valence-corrected chi connectivity index (χ3v) is 5.85. The zero-order valence-corrected chi connectivity index (χ0v) is 19.7. The summed E-state index contributed by atoms with van der Waals surface area (Å²) in [5.74, 6) is 0.805. The summed E-state index contributed by atoms with van der Waals surface area (Å²) in [6.45, 7) is 5.20. The van der Waals surface area contributed by atoms with Crippen molar-refractivity contribution in [1.82, 2.24) is 14.7 Å². The highest BCUT2D eigenvalue weighted by Crippen LogP contribution is 2.35. The van der Waals surface area contributed by atoms with E-state index in [1.165, 1.54) is 12.1 Å². The van der Waals surface area contributed by atoms with Crippen molar-refractivity contribution in [3.63, 3.8) is 0 Å². The van der Waals surface area contributed by atoms with Crippen LogP contribution in [0.1, 0.15) is 31.1 Å². The van der Waals surface area contributed by atoms with Gasteiger partial charge in [-0.2, -0.15) is 5.10 Å². The Morgan fingerprint density at radius 1 is 0.941 bits per heavy atom. The van der Waals surface area contributed by atoms with E-state index in [0.29, 0.717) is 24.7 Å². The summed E-state index contributed by atoms with van der Waals surface area (Å²) in [4.78, 5) is 2.21. The maximum Gasteiger partial charge on any atom is 0.222 e. The SMILES string of the molecule is CC(C)N(Cc1c(-c2ccccc2)nn(C)c1Oc1ccc(F)cc1)C[C@@H](O)c1ccccc1. The maximum absolute atomic E-state index is 13.4. The van der Waals surface area contributed by atoms with Crippen molar-refractivity contribution in [1.29, 1.82) is 0 Å². The number of hydrogen-bond donors (Lipinski definition) is 1. The minimum atomic E-state index is -0.623. The molecule has 0 aliphatic rings. The fourth-order valence-electron chi connectivity index (χ4n) is 3.93. The Morgan fingerprint density at radius 2 is 1.56 bits per heavy atom. The zero-order valence-electron chi connectivity index (χ0n) is 19.7. The van der Waals surface area contributed by atoms with E-state index in [4.69, 9.17) is 9.84 Å². The average molecular weight is 460 g/mol. The summed E-state index contributed by atoms with van der Waals surface area (Å²) in [5, 5.41) is 15.7. The molecule has 0 fully saturated rings. The normalized spacial score (nSPS) is 12.3. The molecule has 0 saturated heterocycles. The number of aryl methyl sites for hydroxylation is 1. The van der Waals surface area contributed by atoms with Crippen LogP contribution in [0.3, 0.4) is 0 Å². The number of aliphatic hydroxyl groups is 1. The lowest BCUT2D eigenvalue weighted by Crippen LogP contribution is -2.34. The summed E-state index contributed by atoms with van der Waals surface area (Å²) in [6.07, 6.45) is -0.623. The number of hydrogen-bond acceptors (Lipinski definition) is 4. The minimum absolute atomic E-state index is 0.167. The largest absolute Gasteiger partial charge is 0.439 e. The first-order valence-corrected chi connectivity index (χ1v) is 11.4. The lowest BCUT2D eigenvalue weighted by atomic mass is 10.1. The molecule has 0 spiro atoms. The van der Waals surface area contributed by atoms with Crippen molar-refractivity contribution < 1.29 is 14.2 Å². The summed E-state index contributed by atoms with van der Waals surface area (Å²) >= 11 is 0. The third kappa shape index (κ3) is 5.53. The van der Waals surface area contributed by atoms with Crippen LogP contribution < -0.4 is 4.74 Å². The molecule has 1 N–H and O–H groups in total. The lowest BCUT2D eigenvalue weighted by Gasteiger charge is -2.29. The summed E-state index contributed by atoms with van der Waals surface area (Å²) in [5.41, 5.74) is 3.59. The Balaban J connectivity index is 1.70. The second-order valence-corrected chi connectivity index (χ2v) is 8.63. The van der Waals surface area contributed by atoms with E-state index in [1.54, 1.807) is 16.8 Å². The van der Waals surface area contributed by atoms with E-state index in [1.807, 2.05) is 67.7 Å². The van der Waals surface area contributed by atoms with Crippen molar-refractivity contribution in [2.75, 3.05) is 6.54 Å². The number of rotatable bonds is 9. The smallest absolute Gasteiger partial charge is 0.222 e. The molecule has 1 atom stereocenters. The van der Waals surface area contributed by atoms with Crippen LogP contribution in [0.5, 0.6) is 11.6 Å². The Bertz CT molecular complexity index is 1190. The fourth-order valence-corrected chi connectivity index (χ4v) is 3.93. The van der Waals surface area contributed by atoms with Crippen LogP contribution >= 0.6 is 0 Å². The second-order valence-electron chi connectivity index (χ2n) is 8.63. The molecule has 0 aliphatic carbocycles. The molecule has 34 heavy (non-hydrogen) atoms. The summed E-state index contributed by atoms with van der Waals surface area (Å²) < 4.78 is 21.4. The first-order valence-electron chi connectivity index (χ1n) is 11.4. The minimum Gasteiger partial charge on any atom is -0.439 e. The van der Waals surface area contributed by atoms with Crippen molar-refractivity contribution >= 4 is 0 Å². The van der Waals surface area contributed by atoms with E-state index in [-0.39, 0.29) is 11.9 Å². The predicted octanol–water partition coefficient (Wildman–Crippen LogP) is 5.96. The predicted molar refractivity (Wildman–Crippen MR) is 132 cm³/mol. The Labute approximate surface area is 200 Å². The average Bonchev–Trinajstić information content (AvgIpc) is 3.15. The number of ether oxygens (including phenoxy) is 1.